The molecule has 0 saturated heterocycles. The minimum atomic E-state index is -0.570. The van der Waals surface area contributed by atoms with Crippen molar-refractivity contribution in [3.05, 3.63) is 61.3 Å². The number of rotatable bonds is 5. The van der Waals surface area contributed by atoms with Gasteiger partial charge >= 0.3 is 0 Å². The van der Waals surface area contributed by atoms with Crippen molar-refractivity contribution in [1.29, 1.82) is 0 Å². The van der Waals surface area contributed by atoms with E-state index in [1.54, 1.807) is 22.3 Å². The van der Waals surface area contributed by atoms with Gasteiger partial charge in [-0.1, -0.05) is 11.6 Å². The maximum absolute atomic E-state index is 12.7. The van der Waals surface area contributed by atoms with E-state index in [1.165, 1.54) is 12.1 Å². The van der Waals surface area contributed by atoms with E-state index in [4.69, 9.17) is 11.6 Å². The van der Waals surface area contributed by atoms with E-state index in [2.05, 4.69) is 0 Å². The van der Waals surface area contributed by atoms with E-state index in [0.29, 0.717) is 12.1 Å². The van der Waals surface area contributed by atoms with E-state index >= 15 is 0 Å². The second-order valence-corrected chi connectivity index (χ2v) is 6.41. The summed E-state index contributed by atoms with van der Waals surface area (Å²) in [5.41, 5.74) is 1.14. The lowest BCUT2D eigenvalue weighted by atomic mass is 10.1. The predicted molar refractivity (Wildman–Crippen MR) is 85.3 cm³/mol. The Bertz CT molecular complexity index is 714. The maximum Gasteiger partial charge on any atom is 0.288 e. The lowest BCUT2D eigenvalue weighted by Gasteiger charge is -2.22. The molecule has 22 heavy (non-hydrogen) atoms. The van der Waals surface area contributed by atoms with Gasteiger partial charge in [-0.25, -0.2) is 0 Å². The van der Waals surface area contributed by atoms with Gasteiger partial charge in [0.1, 0.15) is 5.02 Å². The Morgan fingerprint density at radius 1 is 1.41 bits per heavy atom. The predicted octanol–water partition coefficient (Wildman–Crippen LogP) is 4.11. The smallest absolute Gasteiger partial charge is 0.288 e. The zero-order valence-electron chi connectivity index (χ0n) is 11.6. The highest BCUT2D eigenvalue weighted by Crippen LogP contribution is 2.32. The van der Waals surface area contributed by atoms with Crippen molar-refractivity contribution in [2.24, 2.45) is 0 Å². The number of benzene rings is 1. The number of halogens is 1. The fraction of sp³-hybridized carbons (Fsp3) is 0.267. The number of carbonyl (C=O) groups is 1. The molecular formula is C15H13ClN2O3S. The normalized spacial score (nSPS) is 13.9. The molecule has 1 aliphatic rings. The van der Waals surface area contributed by atoms with Gasteiger partial charge in [0.15, 0.2) is 0 Å². The van der Waals surface area contributed by atoms with Crippen LogP contribution in [0.3, 0.4) is 0 Å². The van der Waals surface area contributed by atoms with Crippen molar-refractivity contribution >= 4 is 34.5 Å². The summed E-state index contributed by atoms with van der Waals surface area (Å²) < 4.78 is 0. The SMILES string of the molecule is O=C(c1ccc(Cl)c([N+](=O)[O-])c1)N(Cc1ccsc1)C1CC1. The summed E-state index contributed by atoms with van der Waals surface area (Å²) in [5.74, 6) is -0.187. The van der Waals surface area contributed by atoms with Crippen LogP contribution < -0.4 is 0 Å². The minimum Gasteiger partial charge on any atom is -0.331 e. The standard InChI is InChI=1S/C15H13ClN2O3S/c16-13-4-1-11(7-14(13)18(20)21)15(19)17(12-2-3-12)8-10-5-6-22-9-10/h1,4-7,9,12H,2-3,8H2. The van der Waals surface area contributed by atoms with Gasteiger partial charge in [-0.15, -0.1) is 0 Å². The highest BCUT2D eigenvalue weighted by Gasteiger charge is 2.33. The second kappa shape index (κ2) is 6.06. The van der Waals surface area contributed by atoms with Crippen LogP contribution in [0.5, 0.6) is 0 Å². The van der Waals surface area contributed by atoms with Crippen molar-refractivity contribution < 1.29 is 9.72 Å². The summed E-state index contributed by atoms with van der Waals surface area (Å²) in [6.07, 6.45) is 1.96. The van der Waals surface area contributed by atoms with Gasteiger partial charge in [-0.05, 0) is 47.4 Å². The van der Waals surface area contributed by atoms with Crippen LogP contribution in [0.4, 0.5) is 5.69 Å². The Balaban J connectivity index is 1.87. The summed E-state index contributed by atoms with van der Waals surface area (Å²) >= 11 is 7.39. The molecule has 3 rings (SSSR count). The first-order valence-electron chi connectivity index (χ1n) is 6.82. The quantitative estimate of drug-likeness (QED) is 0.609. The number of nitro groups is 1. The van der Waals surface area contributed by atoms with Gasteiger partial charge in [-0.3, -0.25) is 14.9 Å². The van der Waals surface area contributed by atoms with Crippen LogP contribution in [0, 0.1) is 10.1 Å². The number of hydrogen-bond acceptors (Lipinski definition) is 4. The zero-order chi connectivity index (χ0) is 15.7. The number of hydrogen-bond donors (Lipinski definition) is 0. The lowest BCUT2D eigenvalue weighted by Crippen LogP contribution is -2.32. The third-order valence-corrected chi connectivity index (χ3v) is 4.62. The molecule has 5 nitrogen and oxygen atoms in total. The third kappa shape index (κ3) is 3.13. The summed E-state index contributed by atoms with van der Waals surface area (Å²) in [6, 6.07) is 6.41. The van der Waals surface area contributed by atoms with Crippen molar-refractivity contribution in [3.63, 3.8) is 0 Å². The molecule has 0 unspecified atom stereocenters. The molecule has 1 heterocycles. The van der Waals surface area contributed by atoms with E-state index in [1.807, 2.05) is 16.8 Å². The first-order valence-corrected chi connectivity index (χ1v) is 8.14. The Hall–Kier alpha value is -1.92. The fourth-order valence-corrected chi connectivity index (χ4v) is 3.13. The molecule has 1 saturated carbocycles. The Morgan fingerprint density at radius 2 is 2.18 bits per heavy atom. The summed E-state index contributed by atoms with van der Waals surface area (Å²) in [5, 5.41) is 15.0. The molecule has 1 amide bonds. The molecule has 1 aromatic heterocycles. The average molecular weight is 337 g/mol. The van der Waals surface area contributed by atoms with E-state index < -0.39 is 4.92 Å². The van der Waals surface area contributed by atoms with Gasteiger partial charge in [0.05, 0.1) is 4.92 Å². The van der Waals surface area contributed by atoms with Crippen LogP contribution in [0.2, 0.25) is 5.02 Å². The highest BCUT2D eigenvalue weighted by molar-refractivity contribution is 7.07. The molecule has 0 spiro atoms. The summed E-state index contributed by atoms with van der Waals surface area (Å²) in [4.78, 5) is 24.9. The van der Waals surface area contributed by atoms with Gasteiger partial charge < -0.3 is 4.90 Å². The van der Waals surface area contributed by atoms with Crippen LogP contribution in [0.25, 0.3) is 0 Å². The molecular weight excluding hydrogens is 324 g/mol. The number of nitrogens with zero attached hydrogens (tertiary/aromatic N) is 2. The molecule has 7 heteroatoms. The van der Waals surface area contributed by atoms with Crippen LogP contribution >= 0.6 is 22.9 Å². The van der Waals surface area contributed by atoms with Gasteiger partial charge in [0.25, 0.3) is 11.6 Å². The summed E-state index contributed by atoms with van der Waals surface area (Å²) in [6.45, 7) is 0.531. The second-order valence-electron chi connectivity index (χ2n) is 5.22. The molecule has 2 aromatic rings. The Labute approximate surface area is 136 Å². The van der Waals surface area contributed by atoms with Crippen molar-refractivity contribution in [1.82, 2.24) is 4.90 Å². The average Bonchev–Trinajstić information content (AvgIpc) is 3.21. The minimum absolute atomic E-state index is 0.0392. The Kier molecular flexibility index (Phi) is 4.13. The number of thiophene rings is 1. The molecule has 1 aliphatic carbocycles. The molecule has 0 aliphatic heterocycles. The van der Waals surface area contributed by atoms with E-state index in [9.17, 15) is 14.9 Å². The number of amides is 1. The van der Waals surface area contributed by atoms with Crippen molar-refractivity contribution in [2.75, 3.05) is 0 Å². The molecule has 0 atom stereocenters. The molecule has 1 aromatic carbocycles. The summed E-state index contributed by atoms with van der Waals surface area (Å²) in [7, 11) is 0. The Morgan fingerprint density at radius 3 is 2.77 bits per heavy atom. The lowest BCUT2D eigenvalue weighted by molar-refractivity contribution is -0.384. The molecule has 1 fully saturated rings. The van der Waals surface area contributed by atoms with Crippen LogP contribution in [0.1, 0.15) is 28.8 Å². The third-order valence-electron chi connectivity index (χ3n) is 3.57. The molecule has 0 bridgehead atoms. The van der Waals surface area contributed by atoms with Gasteiger partial charge in [0.2, 0.25) is 0 Å². The maximum atomic E-state index is 12.7. The number of carbonyl (C=O) groups excluding carboxylic acids is 1. The zero-order valence-corrected chi connectivity index (χ0v) is 13.1. The van der Waals surface area contributed by atoms with Crippen molar-refractivity contribution in [2.45, 2.75) is 25.4 Å². The monoisotopic (exact) mass is 336 g/mol. The van der Waals surface area contributed by atoms with Crippen molar-refractivity contribution in [3.8, 4) is 0 Å². The number of nitro benzene ring substituents is 1. The van der Waals surface area contributed by atoms with Crippen LogP contribution in [0.15, 0.2) is 35.0 Å². The molecule has 0 N–H and O–H groups in total. The molecule has 0 radical (unpaired) electrons. The first kappa shape index (κ1) is 15.0. The van der Waals surface area contributed by atoms with Gasteiger partial charge in [-0.2, -0.15) is 11.3 Å². The van der Waals surface area contributed by atoms with Gasteiger partial charge in [0, 0.05) is 24.2 Å². The van der Waals surface area contributed by atoms with Crippen LogP contribution in [-0.2, 0) is 6.54 Å². The van der Waals surface area contributed by atoms with Crippen LogP contribution in [-0.4, -0.2) is 21.8 Å². The molecule has 114 valence electrons. The van der Waals surface area contributed by atoms with E-state index in [0.717, 1.165) is 18.4 Å². The topological polar surface area (TPSA) is 63.4 Å². The fourth-order valence-electron chi connectivity index (χ4n) is 2.28. The largest absolute Gasteiger partial charge is 0.331 e. The van der Waals surface area contributed by atoms with E-state index in [-0.39, 0.29) is 22.7 Å². The first-order chi connectivity index (χ1) is 10.6. The highest BCUT2D eigenvalue weighted by atomic mass is 35.5.